The van der Waals surface area contributed by atoms with Crippen LogP contribution in [0.25, 0.3) is 10.6 Å². The van der Waals surface area contributed by atoms with Gasteiger partial charge in [-0.1, -0.05) is 17.4 Å². The number of hydrogen-bond acceptors (Lipinski definition) is 7. The molecule has 0 radical (unpaired) electrons. The molecular weight excluding hydrogens is 464 g/mol. The summed E-state index contributed by atoms with van der Waals surface area (Å²) in [5.74, 6) is -0.589. The van der Waals surface area contributed by atoms with Crippen LogP contribution in [0, 0.1) is 0 Å². The van der Waals surface area contributed by atoms with Crippen molar-refractivity contribution in [3.8, 4) is 10.6 Å². The molecule has 7 nitrogen and oxygen atoms in total. The smallest absolute Gasteiger partial charge is 0.291 e. The molecule has 140 valence electrons. The second-order valence-corrected chi connectivity index (χ2v) is 8.06. The van der Waals surface area contributed by atoms with E-state index in [9.17, 15) is 9.59 Å². The number of anilines is 2. The van der Waals surface area contributed by atoms with Crippen LogP contribution >= 0.6 is 38.6 Å². The van der Waals surface area contributed by atoms with Crippen LogP contribution in [0.2, 0.25) is 0 Å². The van der Waals surface area contributed by atoms with Crippen molar-refractivity contribution in [3.63, 3.8) is 0 Å². The maximum absolute atomic E-state index is 12.5. The maximum atomic E-state index is 12.5. The van der Waals surface area contributed by atoms with E-state index in [1.54, 1.807) is 47.7 Å². The van der Waals surface area contributed by atoms with E-state index in [2.05, 4.69) is 36.8 Å². The van der Waals surface area contributed by atoms with Crippen LogP contribution in [0.5, 0.6) is 0 Å². The van der Waals surface area contributed by atoms with Gasteiger partial charge in [0.25, 0.3) is 11.8 Å². The van der Waals surface area contributed by atoms with E-state index in [0.29, 0.717) is 21.1 Å². The standard InChI is InChI=1S/C18H11BrN4O3S2/c19-14-5-4-13(26-14)16(25)20-12-3-1-2-10(8-12)15(24)21-18-23-22-17(28-18)11-6-7-27-9-11/h1-9H,(H,20,25)(H,21,23,24). The Morgan fingerprint density at radius 2 is 1.93 bits per heavy atom. The highest BCUT2D eigenvalue weighted by Gasteiger charge is 2.14. The van der Waals surface area contributed by atoms with Crippen molar-refractivity contribution in [1.82, 2.24) is 10.2 Å². The third-order valence-corrected chi connectivity index (χ3v) is 5.59. The first-order valence-corrected chi connectivity index (χ1v) is 10.5. The molecule has 0 saturated carbocycles. The summed E-state index contributed by atoms with van der Waals surface area (Å²) in [5, 5.41) is 18.6. The summed E-state index contributed by atoms with van der Waals surface area (Å²) in [7, 11) is 0. The largest absolute Gasteiger partial charge is 0.444 e. The van der Waals surface area contributed by atoms with Crippen molar-refractivity contribution in [2.75, 3.05) is 10.6 Å². The van der Waals surface area contributed by atoms with Crippen LogP contribution in [-0.4, -0.2) is 22.0 Å². The number of thiophene rings is 1. The van der Waals surface area contributed by atoms with Crippen LogP contribution < -0.4 is 10.6 Å². The van der Waals surface area contributed by atoms with E-state index in [0.717, 1.165) is 10.6 Å². The van der Waals surface area contributed by atoms with Crippen molar-refractivity contribution < 1.29 is 14.0 Å². The minimum Gasteiger partial charge on any atom is -0.444 e. The van der Waals surface area contributed by atoms with Gasteiger partial charge in [-0.25, -0.2) is 0 Å². The van der Waals surface area contributed by atoms with E-state index in [1.807, 2.05) is 16.8 Å². The fourth-order valence-electron chi connectivity index (χ4n) is 2.31. The molecule has 28 heavy (non-hydrogen) atoms. The lowest BCUT2D eigenvalue weighted by atomic mass is 10.2. The third kappa shape index (κ3) is 4.19. The van der Waals surface area contributed by atoms with Crippen LogP contribution in [0.1, 0.15) is 20.9 Å². The van der Waals surface area contributed by atoms with Gasteiger partial charge >= 0.3 is 0 Å². The Kier molecular flexibility index (Phi) is 5.33. The van der Waals surface area contributed by atoms with Crippen molar-refractivity contribution in [2.24, 2.45) is 0 Å². The van der Waals surface area contributed by atoms with E-state index in [-0.39, 0.29) is 11.7 Å². The number of carbonyl (C=O) groups excluding carboxylic acids is 2. The number of amides is 2. The van der Waals surface area contributed by atoms with Crippen LogP contribution in [-0.2, 0) is 0 Å². The Hall–Kier alpha value is -2.82. The summed E-state index contributed by atoms with van der Waals surface area (Å²) in [4.78, 5) is 24.7. The number of hydrogen-bond donors (Lipinski definition) is 2. The molecule has 0 saturated heterocycles. The molecule has 0 fully saturated rings. The maximum Gasteiger partial charge on any atom is 0.291 e. The van der Waals surface area contributed by atoms with E-state index in [1.165, 1.54) is 11.3 Å². The van der Waals surface area contributed by atoms with Gasteiger partial charge in [0.15, 0.2) is 10.4 Å². The summed E-state index contributed by atoms with van der Waals surface area (Å²) in [6, 6.07) is 11.7. The Bertz CT molecular complexity index is 1140. The molecule has 10 heteroatoms. The molecule has 4 rings (SSSR count). The fourth-order valence-corrected chi connectivity index (χ4v) is 4.07. The summed E-state index contributed by atoms with van der Waals surface area (Å²) >= 11 is 6.02. The normalized spacial score (nSPS) is 10.6. The molecule has 0 aliphatic carbocycles. The number of rotatable bonds is 5. The first kappa shape index (κ1) is 18.5. The quantitative estimate of drug-likeness (QED) is 0.417. The Balaban J connectivity index is 1.45. The van der Waals surface area contributed by atoms with Crippen molar-refractivity contribution in [1.29, 1.82) is 0 Å². The highest BCUT2D eigenvalue weighted by atomic mass is 79.9. The molecule has 3 aromatic heterocycles. The minimum atomic E-state index is -0.409. The van der Waals surface area contributed by atoms with Crippen LogP contribution in [0.15, 0.2) is 62.3 Å². The number of nitrogens with one attached hydrogen (secondary N) is 2. The number of halogens is 1. The molecule has 2 N–H and O–H groups in total. The van der Waals surface area contributed by atoms with E-state index in [4.69, 9.17) is 4.42 Å². The topological polar surface area (TPSA) is 97.1 Å². The molecule has 3 heterocycles. The zero-order chi connectivity index (χ0) is 19.5. The zero-order valence-corrected chi connectivity index (χ0v) is 17.2. The molecule has 0 aliphatic heterocycles. The lowest BCUT2D eigenvalue weighted by molar-refractivity contribution is 0.0992. The zero-order valence-electron chi connectivity index (χ0n) is 14.0. The highest BCUT2D eigenvalue weighted by Crippen LogP contribution is 2.28. The van der Waals surface area contributed by atoms with Crippen molar-refractivity contribution in [3.05, 3.63) is 69.2 Å². The summed E-state index contributed by atoms with van der Waals surface area (Å²) < 4.78 is 5.68. The van der Waals surface area contributed by atoms with Crippen LogP contribution in [0.4, 0.5) is 10.8 Å². The average molecular weight is 475 g/mol. The highest BCUT2D eigenvalue weighted by molar-refractivity contribution is 9.10. The molecule has 4 aromatic rings. The fraction of sp³-hybridized carbons (Fsp3) is 0. The second kappa shape index (κ2) is 8.05. The van der Waals surface area contributed by atoms with Crippen molar-refractivity contribution in [2.45, 2.75) is 0 Å². The molecule has 2 amide bonds. The minimum absolute atomic E-state index is 0.163. The lowest BCUT2D eigenvalue weighted by Crippen LogP contribution is -2.14. The molecular formula is C18H11BrN4O3S2. The van der Waals surface area contributed by atoms with Gasteiger partial charge in [0.1, 0.15) is 5.01 Å². The Labute approximate surface area is 175 Å². The summed E-state index contributed by atoms with van der Waals surface area (Å²) in [6.07, 6.45) is 0. The predicted octanol–water partition coefficient (Wildman–Crippen LogP) is 5.13. The Morgan fingerprint density at radius 1 is 1.04 bits per heavy atom. The van der Waals surface area contributed by atoms with E-state index < -0.39 is 5.91 Å². The number of benzene rings is 1. The number of nitrogens with zero attached hydrogens (tertiary/aromatic N) is 2. The monoisotopic (exact) mass is 474 g/mol. The van der Waals surface area contributed by atoms with Gasteiger partial charge in [0.2, 0.25) is 5.13 Å². The predicted molar refractivity (Wildman–Crippen MR) is 112 cm³/mol. The number of furan rings is 1. The molecule has 0 aliphatic rings. The molecule has 1 aromatic carbocycles. The SMILES string of the molecule is O=C(Nc1nnc(-c2ccsc2)s1)c1cccc(NC(=O)c2ccc(Br)o2)c1. The number of carbonyl (C=O) groups is 2. The third-order valence-electron chi connectivity index (χ3n) is 3.59. The van der Waals surface area contributed by atoms with Gasteiger partial charge in [-0.3, -0.25) is 14.9 Å². The average Bonchev–Trinajstić information content (AvgIpc) is 3.43. The van der Waals surface area contributed by atoms with Gasteiger partial charge in [0, 0.05) is 22.2 Å². The molecule has 0 atom stereocenters. The number of aromatic nitrogens is 2. The van der Waals surface area contributed by atoms with Crippen LogP contribution in [0.3, 0.4) is 0 Å². The van der Waals surface area contributed by atoms with Gasteiger partial charge in [-0.2, -0.15) is 11.3 Å². The van der Waals surface area contributed by atoms with Crippen molar-refractivity contribution >= 4 is 61.2 Å². The van der Waals surface area contributed by atoms with Gasteiger partial charge in [-0.15, -0.1) is 10.2 Å². The first-order chi connectivity index (χ1) is 13.6. The van der Waals surface area contributed by atoms with Gasteiger partial charge < -0.3 is 9.73 Å². The summed E-state index contributed by atoms with van der Waals surface area (Å²) in [5.41, 5.74) is 1.82. The van der Waals surface area contributed by atoms with E-state index >= 15 is 0 Å². The molecule has 0 unspecified atom stereocenters. The summed E-state index contributed by atoms with van der Waals surface area (Å²) in [6.45, 7) is 0. The Morgan fingerprint density at radius 3 is 2.68 bits per heavy atom. The van der Waals surface area contributed by atoms with Gasteiger partial charge in [0.05, 0.1) is 0 Å². The van der Waals surface area contributed by atoms with Gasteiger partial charge in [-0.05, 0) is 57.7 Å². The lowest BCUT2D eigenvalue weighted by Gasteiger charge is -2.06. The second-order valence-electron chi connectivity index (χ2n) is 5.52. The molecule has 0 spiro atoms. The first-order valence-electron chi connectivity index (χ1n) is 7.93. The molecule has 0 bridgehead atoms.